The van der Waals surface area contributed by atoms with Gasteiger partial charge in [0.15, 0.2) is 5.78 Å². The van der Waals surface area contributed by atoms with E-state index in [1.165, 1.54) is 20.1 Å². The molecule has 1 aliphatic heterocycles. The third-order valence-electron chi connectivity index (χ3n) is 7.43. The number of nitrogen functional groups attached to an aromatic ring is 1. The lowest BCUT2D eigenvalue weighted by atomic mass is 9.79. The Bertz CT molecular complexity index is 1590. The van der Waals surface area contributed by atoms with Crippen molar-refractivity contribution >= 4 is 23.4 Å². The number of hydrogen-bond donors (Lipinski definition) is 2. The van der Waals surface area contributed by atoms with Gasteiger partial charge in [-0.3, -0.25) is 19.8 Å². The maximum atomic E-state index is 14.5. The number of ether oxygens (including phenoxy) is 2. The Balaban J connectivity index is 1.80. The van der Waals surface area contributed by atoms with E-state index in [1.54, 1.807) is 63.2 Å². The number of benzene rings is 2. The number of para-hydroxylation sites is 1. The monoisotopic (exact) mass is 613 g/mol. The first-order chi connectivity index (χ1) is 20.5. The van der Waals surface area contributed by atoms with Crippen molar-refractivity contribution in [3.8, 4) is 11.6 Å². The van der Waals surface area contributed by atoms with E-state index in [-0.39, 0.29) is 40.9 Å². The number of nitrogens with one attached hydrogen (secondary N) is 1. The molecule has 2 heterocycles. The first kappa shape index (κ1) is 32.2. The third kappa shape index (κ3) is 6.46. The van der Waals surface area contributed by atoms with E-state index in [9.17, 15) is 27.6 Å². The number of methoxy groups -OCH3 is 1. The molecule has 44 heavy (non-hydrogen) atoms. The lowest BCUT2D eigenvalue weighted by molar-refractivity contribution is -0.196. The van der Waals surface area contributed by atoms with Gasteiger partial charge in [-0.2, -0.15) is 23.0 Å². The third-order valence-corrected chi connectivity index (χ3v) is 7.43. The number of piperidine rings is 1. The van der Waals surface area contributed by atoms with Crippen LogP contribution < -0.4 is 15.2 Å². The SMILES string of the molecule is COc1ccccc1C(=O)n1nc(C2C(=O)CN(C(=O)C(C)(C)C)CC2C(F)(F)F)c(C)c1OCc1ccc(C(=N)N)cc1. The number of alkyl halides is 3. The number of likely N-dealkylation sites (tertiary alicyclic amines) is 1. The Morgan fingerprint density at radius 2 is 1.73 bits per heavy atom. The van der Waals surface area contributed by atoms with Crippen LogP contribution in [-0.4, -0.2) is 64.5 Å². The average molecular weight is 614 g/mol. The van der Waals surface area contributed by atoms with Gasteiger partial charge in [0.1, 0.15) is 18.2 Å². The maximum absolute atomic E-state index is 14.5. The summed E-state index contributed by atoms with van der Waals surface area (Å²) in [6.07, 6.45) is -4.86. The lowest BCUT2D eigenvalue weighted by Crippen LogP contribution is -2.55. The molecular formula is C31H34F3N5O5. The molecule has 1 saturated heterocycles. The minimum Gasteiger partial charge on any atom is -0.496 e. The number of nitrogens with zero attached hydrogens (tertiary/aromatic N) is 3. The second-order valence-electron chi connectivity index (χ2n) is 11.7. The second kappa shape index (κ2) is 12.1. The number of amides is 1. The molecule has 0 spiro atoms. The standard InChI is InChI=1S/C31H34F3N5O5/c1-17-25(24-21(31(32,33)34)14-38(15-22(24)40)29(42)30(2,3)4)37-39(27(41)20-8-6-7-9-23(20)43-5)28(17)44-16-18-10-12-19(13-11-18)26(35)36/h6-13,21,24H,14-16H2,1-5H3,(H3,35,36). The highest BCUT2D eigenvalue weighted by Crippen LogP contribution is 2.44. The molecule has 1 amide bonds. The van der Waals surface area contributed by atoms with Crippen molar-refractivity contribution in [3.05, 3.63) is 76.5 Å². The predicted octanol–water partition coefficient (Wildman–Crippen LogP) is 4.47. The largest absolute Gasteiger partial charge is 0.496 e. The van der Waals surface area contributed by atoms with Crippen molar-refractivity contribution < 1.29 is 37.0 Å². The fourth-order valence-corrected chi connectivity index (χ4v) is 5.15. The van der Waals surface area contributed by atoms with Crippen molar-refractivity contribution in [1.82, 2.24) is 14.7 Å². The van der Waals surface area contributed by atoms with E-state index in [0.717, 1.165) is 9.58 Å². The molecule has 4 rings (SSSR count). The summed E-state index contributed by atoms with van der Waals surface area (Å²) >= 11 is 0. The molecule has 2 unspecified atom stereocenters. The Morgan fingerprint density at radius 1 is 1.09 bits per heavy atom. The van der Waals surface area contributed by atoms with Gasteiger partial charge in [0.05, 0.1) is 36.7 Å². The van der Waals surface area contributed by atoms with Gasteiger partial charge in [0, 0.05) is 23.1 Å². The summed E-state index contributed by atoms with van der Waals surface area (Å²) < 4.78 is 55.8. The van der Waals surface area contributed by atoms with E-state index in [1.807, 2.05) is 0 Å². The quantitative estimate of drug-likeness (QED) is 0.296. The zero-order valence-corrected chi connectivity index (χ0v) is 25.0. The number of ketones is 1. The molecule has 1 fully saturated rings. The molecule has 234 valence electrons. The van der Waals surface area contributed by atoms with Crippen molar-refractivity contribution in [2.45, 2.75) is 46.4 Å². The van der Waals surface area contributed by atoms with Crippen LogP contribution >= 0.6 is 0 Å². The van der Waals surface area contributed by atoms with Gasteiger partial charge in [-0.05, 0) is 24.6 Å². The smallest absolute Gasteiger partial charge is 0.394 e. The second-order valence-corrected chi connectivity index (χ2v) is 11.7. The Hall–Kier alpha value is -4.68. The van der Waals surface area contributed by atoms with Crippen LogP contribution in [0.5, 0.6) is 11.6 Å². The summed E-state index contributed by atoms with van der Waals surface area (Å²) in [4.78, 5) is 41.1. The molecule has 0 saturated carbocycles. The number of aromatic nitrogens is 2. The van der Waals surface area contributed by atoms with Gasteiger partial charge in [-0.25, -0.2) is 0 Å². The van der Waals surface area contributed by atoms with Gasteiger partial charge < -0.3 is 20.1 Å². The topological polar surface area (TPSA) is 141 Å². The van der Waals surface area contributed by atoms with Crippen LogP contribution in [-0.2, 0) is 16.2 Å². The van der Waals surface area contributed by atoms with Gasteiger partial charge in [0.2, 0.25) is 11.8 Å². The van der Waals surface area contributed by atoms with Crippen LogP contribution in [0.1, 0.15) is 59.4 Å². The molecule has 3 aromatic rings. The summed E-state index contributed by atoms with van der Waals surface area (Å²) in [5.74, 6) is -6.27. The fraction of sp³-hybridized carbons (Fsp3) is 0.387. The van der Waals surface area contributed by atoms with Gasteiger partial charge in [-0.15, -0.1) is 0 Å². The Labute approximate surface area is 252 Å². The maximum Gasteiger partial charge on any atom is 0.394 e. The van der Waals surface area contributed by atoms with Gasteiger partial charge >= 0.3 is 6.18 Å². The van der Waals surface area contributed by atoms with Crippen LogP contribution in [0.3, 0.4) is 0 Å². The van der Waals surface area contributed by atoms with E-state index in [4.69, 9.17) is 20.6 Å². The predicted molar refractivity (Wildman–Crippen MR) is 155 cm³/mol. The minimum atomic E-state index is -4.86. The first-order valence-corrected chi connectivity index (χ1v) is 13.8. The molecule has 10 nitrogen and oxygen atoms in total. The summed E-state index contributed by atoms with van der Waals surface area (Å²) in [6.45, 7) is 4.78. The van der Waals surface area contributed by atoms with Crippen LogP contribution in [0, 0.1) is 23.7 Å². The number of rotatable bonds is 7. The molecule has 0 aliphatic carbocycles. The van der Waals surface area contributed by atoms with Crippen LogP contribution in [0.15, 0.2) is 48.5 Å². The Kier molecular flexibility index (Phi) is 8.89. The highest BCUT2D eigenvalue weighted by atomic mass is 19.4. The molecule has 2 aromatic carbocycles. The molecule has 0 bridgehead atoms. The minimum absolute atomic E-state index is 0.0732. The highest BCUT2D eigenvalue weighted by molar-refractivity contribution is 5.99. The summed E-state index contributed by atoms with van der Waals surface area (Å²) in [5, 5.41) is 11.8. The zero-order chi connectivity index (χ0) is 32.6. The molecule has 0 radical (unpaired) electrons. The number of nitrogens with two attached hydrogens (primary N) is 1. The number of carbonyl (C=O) groups is 3. The van der Waals surface area contributed by atoms with Crippen molar-refractivity contribution in [3.63, 3.8) is 0 Å². The summed E-state index contributed by atoms with van der Waals surface area (Å²) in [7, 11) is 1.37. The lowest BCUT2D eigenvalue weighted by Gasteiger charge is -2.40. The van der Waals surface area contributed by atoms with Crippen molar-refractivity contribution in [2.24, 2.45) is 17.1 Å². The van der Waals surface area contributed by atoms with Gasteiger partial charge in [-0.1, -0.05) is 57.2 Å². The highest BCUT2D eigenvalue weighted by Gasteiger charge is 2.54. The number of carbonyl (C=O) groups excluding carboxylic acids is 3. The molecule has 13 heteroatoms. The van der Waals surface area contributed by atoms with E-state index in [0.29, 0.717) is 11.1 Å². The van der Waals surface area contributed by atoms with Crippen molar-refractivity contribution in [1.29, 1.82) is 5.41 Å². The molecule has 1 aliphatic rings. The fourth-order valence-electron chi connectivity index (χ4n) is 5.15. The number of Topliss-reactive ketones (excluding diaryl/α,β-unsaturated/α-hetero) is 1. The average Bonchev–Trinajstić information content (AvgIpc) is 3.29. The van der Waals surface area contributed by atoms with Gasteiger partial charge in [0.25, 0.3) is 5.91 Å². The summed E-state index contributed by atoms with van der Waals surface area (Å²) in [6, 6.07) is 12.8. The molecular weight excluding hydrogens is 579 g/mol. The molecule has 3 N–H and O–H groups in total. The molecule has 1 aromatic heterocycles. The zero-order valence-electron chi connectivity index (χ0n) is 25.0. The van der Waals surface area contributed by atoms with E-state index < -0.39 is 54.1 Å². The summed E-state index contributed by atoms with van der Waals surface area (Å²) in [5.41, 5.74) is 5.52. The first-order valence-electron chi connectivity index (χ1n) is 13.8. The molecule has 2 atom stereocenters. The van der Waals surface area contributed by atoms with E-state index in [2.05, 4.69) is 5.10 Å². The normalized spacial score (nSPS) is 17.4. The van der Waals surface area contributed by atoms with Crippen LogP contribution in [0.25, 0.3) is 0 Å². The number of hydrogen-bond acceptors (Lipinski definition) is 7. The van der Waals surface area contributed by atoms with E-state index >= 15 is 0 Å². The Morgan fingerprint density at radius 3 is 2.30 bits per heavy atom. The van der Waals surface area contributed by atoms with Crippen molar-refractivity contribution in [2.75, 3.05) is 20.2 Å². The van der Waals surface area contributed by atoms with Crippen LogP contribution in [0.4, 0.5) is 13.2 Å². The number of halogens is 3. The number of amidine groups is 1. The van der Waals surface area contributed by atoms with Crippen LogP contribution in [0.2, 0.25) is 0 Å².